The Labute approximate surface area is 360 Å². The molecule has 1 heterocycles. The van der Waals surface area contributed by atoms with E-state index in [-0.39, 0.29) is 91.1 Å². The first-order valence-electron chi connectivity index (χ1n) is 17.8. The summed E-state index contributed by atoms with van der Waals surface area (Å²) in [5, 5.41) is 9.28. The first-order chi connectivity index (χ1) is 22.9. The van der Waals surface area contributed by atoms with Gasteiger partial charge in [0.15, 0.2) is 0 Å². The minimum atomic E-state index is -5.69. The van der Waals surface area contributed by atoms with Gasteiger partial charge in [-0.2, -0.15) is 26.3 Å². The summed E-state index contributed by atoms with van der Waals surface area (Å²) in [6, 6.07) is 0. The zero-order valence-electron chi connectivity index (χ0n) is 30.2. The van der Waals surface area contributed by atoms with E-state index in [4.69, 9.17) is 4.74 Å². The summed E-state index contributed by atoms with van der Waals surface area (Å²) in [6.45, 7) is 15.6. The summed E-state index contributed by atoms with van der Waals surface area (Å²) in [4.78, 5) is 33.6. The Balaban J connectivity index is -0.000000354. The highest BCUT2D eigenvalue weighted by Gasteiger charge is 2.71. The van der Waals surface area contributed by atoms with Crippen molar-refractivity contribution in [2.75, 3.05) is 0 Å². The SMILES string of the molecule is C.C.C.C.C.C.CC1C(=O)OC(=O)C1C.CC1C2CC(CC(O)(C(F)(F)F)C(F)(F)F)C(C2)C1C.CCC(C)(C)C(=O)OC1(C)C2CC3CC(C2)CC1C3.II. The maximum atomic E-state index is 12.7. The van der Waals surface area contributed by atoms with Gasteiger partial charge < -0.3 is 14.6 Å². The lowest BCUT2D eigenvalue weighted by Gasteiger charge is -2.59. The van der Waals surface area contributed by atoms with Crippen molar-refractivity contribution in [1.29, 1.82) is 0 Å². The van der Waals surface area contributed by atoms with E-state index in [2.05, 4.69) is 55.8 Å². The molecule has 14 heteroatoms. The van der Waals surface area contributed by atoms with Gasteiger partial charge in [-0.25, -0.2) is 0 Å². The highest BCUT2D eigenvalue weighted by molar-refractivity contribution is 15.0. The molecule has 6 aliphatic carbocycles. The number of esters is 3. The van der Waals surface area contributed by atoms with Crippen LogP contribution in [0.3, 0.4) is 0 Å². The Morgan fingerprint density at radius 1 is 0.750 bits per heavy atom. The number of alkyl halides is 6. The number of cyclic esters (lactones) is 2. The number of halogens is 8. The lowest BCUT2D eigenvalue weighted by molar-refractivity contribution is -0.373. The van der Waals surface area contributed by atoms with Crippen molar-refractivity contribution in [3.63, 3.8) is 0 Å². The van der Waals surface area contributed by atoms with Crippen molar-refractivity contribution in [2.45, 2.75) is 181 Å². The van der Waals surface area contributed by atoms with Gasteiger partial charge >= 0.3 is 30.3 Å². The average molecular weight is 1050 g/mol. The summed E-state index contributed by atoms with van der Waals surface area (Å²) < 4.78 is 86.6. The topological polar surface area (TPSA) is 89.9 Å². The molecule has 0 spiro atoms. The smallest absolute Gasteiger partial charge is 0.426 e. The van der Waals surface area contributed by atoms with E-state index in [1.165, 1.54) is 32.1 Å². The number of aliphatic hydroxyl groups is 1. The van der Waals surface area contributed by atoms with Crippen molar-refractivity contribution in [2.24, 2.45) is 70.5 Å². The number of fused-ring (bicyclic) bond motifs is 2. The highest BCUT2D eigenvalue weighted by Crippen LogP contribution is 2.61. The van der Waals surface area contributed by atoms with Gasteiger partial charge in [0, 0.05) is 37.2 Å². The summed E-state index contributed by atoms with van der Waals surface area (Å²) in [6.07, 6.45) is -4.15. The van der Waals surface area contributed by atoms with Crippen LogP contribution < -0.4 is 0 Å². The summed E-state index contributed by atoms with van der Waals surface area (Å²) in [5.41, 5.74) is -5.09. The summed E-state index contributed by atoms with van der Waals surface area (Å²) in [7, 11) is 0. The molecule has 7 unspecified atom stereocenters. The molecule has 56 heavy (non-hydrogen) atoms. The lowest BCUT2D eigenvalue weighted by atomic mass is 9.50. The van der Waals surface area contributed by atoms with Gasteiger partial charge in [0.2, 0.25) is 0 Å². The zero-order chi connectivity index (χ0) is 38.4. The van der Waals surface area contributed by atoms with E-state index in [1.54, 1.807) is 13.8 Å². The van der Waals surface area contributed by atoms with Crippen LogP contribution >= 0.6 is 37.2 Å². The third-order valence-corrected chi connectivity index (χ3v) is 13.7. The molecule has 1 N–H and O–H groups in total. The molecule has 0 aromatic carbocycles. The van der Waals surface area contributed by atoms with Crippen LogP contribution in [0.5, 0.6) is 0 Å². The molecule has 0 radical (unpaired) electrons. The van der Waals surface area contributed by atoms with Crippen molar-refractivity contribution in [3.05, 3.63) is 0 Å². The number of carbonyl (C=O) groups is 3. The van der Waals surface area contributed by atoms with Crippen LogP contribution in [0, 0.1) is 70.5 Å². The van der Waals surface area contributed by atoms with Crippen molar-refractivity contribution >= 4 is 55.1 Å². The molecule has 7 atom stereocenters. The summed E-state index contributed by atoms with van der Waals surface area (Å²) >= 11 is 4.24. The Morgan fingerprint density at radius 3 is 1.43 bits per heavy atom. The Hall–Kier alpha value is -0.390. The van der Waals surface area contributed by atoms with Gasteiger partial charge in [0.05, 0.1) is 17.3 Å². The van der Waals surface area contributed by atoms with Crippen LogP contribution in [0.15, 0.2) is 0 Å². The number of hydrogen-bond donors (Lipinski definition) is 1. The van der Waals surface area contributed by atoms with E-state index in [1.807, 2.05) is 27.7 Å². The minimum Gasteiger partial charge on any atom is -0.458 e. The largest absolute Gasteiger partial charge is 0.458 e. The fourth-order valence-corrected chi connectivity index (χ4v) is 9.56. The first-order valence-corrected chi connectivity index (χ1v) is 24.1. The number of ether oxygens (including phenoxy) is 2. The molecular formula is C42H78F6I2O6. The molecule has 1 saturated heterocycles. The maximum absolute atomic E-state index is 12.7. The van der Waals surface area contributed by atoms with E-state index in [9.17, 15) is 45.8 Å². The molecule has 6 bridgehead atoms. The highest BCUT2D eigenvalue weighted by atomic mass is 128. The normalized spacial score (nSPS) is 34.6. The van der Waals surface area contributed by atoms with Crippen LogP contribution in [0.2, 0.25) is 0 Å². The molecule has 0 aromatic rings. The van der Waals surface area contributed by atoms with Crippen molar-refractivity contribution in [3.8, 4) is 0 Å². The predicted molar refractivity (Wildman–Crippen MR) is 233 cm³/mol. The van der Waals surface area contributed by atoms with Gasteiger partial charge in [0.25, 0.3) is 5.60 Å². The van der Waals surface area contributed by atoms with Crippen molar-refractivity contribution < 1.29 is 55.3 Å². The second-order valence-electron chi connectivity index (χ2n) is 16.9. The average Bonchev–Trinajstić information content (AvgIpc) is 3.63. The number of carbonyl (C=O) groups excluding carboxylic acids is 3. The monoisotopic (exact) mass is 1050 g/mol. The Kier molecular flexibility index (Phi) is 25.6. The van der Waals surface area contributed by atoms with E-state index < -0.39 is 42.2 Å². The van der Waals surface area contributed by atoms with E-state index in [0.29, 0.717) is 30.6 Å². The third-order valence-electron chi connectivity index (χ3n) is 13.7. The van der Waals surface area contributed by atoms with Gasteiger partial charge in [-0.1, -0.05) is 79.2 Å². The molecule has 0 amide bonds. The van der Waals surface area contributed by atoms with Crippen LogP contribution in [-0.4, -0.2) is 46.6 Å². The first kappa shape index (κ1) is 62.3. The fraction of sp³-hybridized carbons (Fsp3) is 0.929. The van der Waals surface area contributed by atoms with E-state index >= 15 is 0 Å². The van der Waals surface area contributed by atoms with Crippen molar-refractivity contribution in [1.82, 2.24) is 0 Å². The molecule has 0 aromatic heterocycles. The molecule has 1 aliphatic heterocycles. The zero-order valence-corrected chi connectivity index (χ0v) is 34.5. The standard InChI is InChI=1S/C17H28O2.C13H18F6O.C6H8O3.6CH4.I2/c1-5-16(2,3)15(18)19-17(4)13-7-11-6-12(9-13)10-14(17)8-11;1-6-7(2)10-4-8(6)3-9(10)5-11(20,12(14,15)16)13(17,18)19;1-3-4(2)6(8)9-5(3)7;;;;;;;1-2/h11-14H,5-10H2,1-4H3;6-10,20H,3-5H2,1-2H3;3-4H,1-2H3;6*1H4;. The molecule has 6 nitrogen and oxygen atoms in total. The fourth-order valence-electron chi connectivity index (χ4n) is 9.56. The summed E-state index contributed by atoms with van der Waals surface area (Å²) in [5.74, 6) is 1.60. The number of rotatable bonds is 5. The van der Waals surface area contributed by atoms with Crippen LogP contribution in [0.4, 0.5) is 26.3 Å². The van der Waals surface area contributed by atoms with Crippen LogP contribution in [0.1, 0.15) is 158 Å². The molecular weight excluding hydrogens is 968 g/mol. The molecule has 6 saturated carbocycles. The van der Waals surface area contributed by atoms with Gasteiger partial charge in [-0.3, -0.25) is 14.4 Å². The van der Waals surface area contributed by atoms with Crippen LogP contribution in [0.25, 0.3) is 0 Å². The van der Waals surface area contributed by atoms with Gasteiger partial charge in [-0.05, 0) is 132 Å². The van der Waals surface area contributed by atoms with Gasteiger partial charge in [-0.15, -0.1) is 0 Å². The second kappa shape index (κ2) is 23.0. The molecule has 7 fully saturated rings. The van der Waals surface area contributed by atoms with Crippen LogP contribution in [-0.2, 0) is 23.9 Å². The second-order valence-corrected chi connectivity index (χ2v) is 16.9. The quantitative estimate of drug-likeness (QED) is 0.128. The van der Waals surface area contributed by atoms with Gasteiger partial charge in [0.1, 0.15) is 5.60 Å². The third kappa shape index (κ3) is 12.6. The maximum Gasteiger partial charge on any atom is 0.426 e. The Bertz CT molecular complexity index is 1160. The predicted octanol–water partition coefficient (Wildman–Crippen LogP) is 14.3. The molecule has 338 valence electrons. The minimum absolute atomic E-state index is 0. The Morgan fingerprint density at radius 2 is 1.14 bits per heavy atom. The van der Waals surface area contributed by atoms with E-state index in [0.717, 1.165) is 18.3 Å². The lowest BCUT2D eigenvalue weighted by Crippen LogP contribution is -2.58. The molecule has 7 rings (SSSR count). The molecule has 7 aliphatic rings. The number of hydrogen-bond acceptors (Lipinski definition) is 6.